The SMILES string of the molecule is COc1cc(C(=O)NCC(C)N(C)c2ccccc2)ccc1OC(F)F. The molecule has 0 fully saturated rings. The van der Waals surface area contributed by atoms with E-state index in [4.69, 9.17) is 4.74 Å². The largest absolute Gasteiger partial charge is 0.493 e. The van der Waals surface area contributed by atoms with Crippen molar-refractivity contribution < 1.29 is 23.0 Å². The van der Waals surface area contributed by atoms with Gasteiger partial charge in [-0.3, -0.25) is 4.79 Å². The first-order valence-corrected chi connectivity index (χ1v) is 8.11. The van der Waals surface area contributed by atoms with Gasteiger partial charge in [0.2, 0.25) is 0 Å². The maximum atomic E-state index is 12.4. The minimum absolute atomic E-state index is 0.0599. The number of nitrogens with one attached hydrogen (secondary N) is 1. The zero-order valence-electron chi connectivity index (χ0n) is 14.9. The molecular weight excluding hydrogens is 342 g/mol. The number of alkyl halides is 2. The molecule has 0 heterocycles. The average Bonchev–Trinajstić information content (AvgIpc) is 2.65. The first-order valence-electron chi connectivity index (χ1n) is 8.11. The molecule has 5 nitrogen and oxygen atoms in total. The zero-order valence-corrected chi connectivity index (χ0v) is 14.9. The van der Waals surface area contributed by atoms with Gasteiger partial charge in [0, 0.05) is 30.9 Å². The Morgan fingerprint density at radius 1 is 1.15 bits per heavy atom. The lowest BCUT2D eigenvalue weighted by Crippen LogP contribution is -2.40. The van der Waals surface area contributed by atoms with Crippen LogP contribution in [0.2, 0.25) is 0 Å². The van der Waals surface area contributed by atoms with Crippen molar-refractivity contribution in [3.8, 4) is 11.5 Å². The number of nitrogens with zero attached hydrogens (tertiary/aromatic N) is 1. The first-order chi connectivity index (χ1) is 12.4. The molecule has 0 aliphatic heterocycles. The summed E-state index contributed by atoms with van der Waals surface area (Å²) in [6.07, 6.45) is 0. The summed E-state index contributed by atoms with van der Waals surface area (Å²) in [6.45, 7) is -0.548. The fourth-order valence-electron chi connectivity index (χ4n) is 2.40. The van der Waals surface area contributed by atoms with Gasteiger partial charge in [0.05, 0.1) is 7.11 Å². The van der Waals surface area contributed by atoms with Gasteiger partial charge in [-0.05, 0) is 37.3 Å². The Balaban J connectivity index is 1.99. The number of halogens is 2. The van der Waals surface area contributed by atoms with Crippen LogP contribution in [0.5, 0.6) is 11.5 Å². The third-order valence-corrected chi connectivity index (χ3v) is 4.02. The Bertz CT molecular complexity index is 726. The third kappa shape index (κ3) is 5.08. The summed E-state index contributed by atoms with van der Waals surface area (Å²) in [5, 5.41) is 2.84. The van der Waals surface area contributed by atoms with Crippen molar-refractivity contribution in [2.75, 3.05) is 25.6 Å². The summed E-state index contributed by atoms with van der Waals surface area (Å²) >= 11 is 0. The third-order valence-electron chi connectivity index (χ3n) is 4.02. The Morgan fingerprint density at radius 3 is 2.46 bits per heavy atom. The average molecular weight is 364 g/mol. The van der Waals surface area contributed by atoms with Crippen LogP contribution in [-0.2, 0) is 0 Å². The fraction of sp³-hybridized carbons (Fsp3) is 0.316. The molecule has 2 aromatic rings. The second-order valence-electron chi connectivity index (χ2n) is 5.75. The second kappa shape index (κ2) is 9.03. The molecule has 0 bridgehead atoms. The van der Waals surface area contributed by atoms with Crippen LogP contribution in [0, 0.1) is 0 Å². The van der Waals surface area contributed by atoms with Crippen LogP contribution in [0.3, 0.4) is 0 Å². The van der Waals surface area contributed by atoms with Gasteiger partial charge in [0.25, 0.3) is 5.91 Å². The monoisotopic (exact) mass is 364 g/mol. The molecule has 0 aliphatic carbocycles. The molecule has 1 unspecified atom stereocenters. The predicted molar refractivity (Wildman–Crippen MR) is 96.3 cm³/mol. The molecule has 140 valence electrons. The minimum atomic E-state index is -2.96. The molecule has 0 spiro atoms. The van der Waals surface area contributed by atoms with E-state index in [0.29, 0.717) is 12.1 Å². The molecule has 0 saturated heterocycles. The summed E-state index contributed by atoms with van der Waals surface area (Å²) in [7, 11) is 3.28. The van der Waals surface area contributed by atoms with Gasteiger partial charge in [-0.2, -0.15) is 8.78 Å². The molecule has 1 amide bonds. The Morgan fingerprint density at radius 2 is 1.85 bits per heavy atom. The van der Waals surface area contributed by atoms with Gasteiger partial charge in [-0.1, -0.05) is 18.2 Å². The van der Waals surface area contributed by atoms with E-state index in [-0.39, 0.29) is 23.4 Å². The molecule has 26 heavy (non-hydrogen) atoms. The maximum Gasteiger partial charge on any atom is 0.387 e. The van der Waals surface area contributed by atoms with Gasteiger partial charge >= 0.3 is 6.61 Å². The van der Waals surface area contributed by atoms with Crippen molar-refractivity contribution >= 4 is 11.6 Å². The zero-order chi connectivity index (χ0) is 19.1. The van der Waals surface area contributed by atoms with E-state index in [1.165, 1.54) is 25.3 Å². The quantitative estimate of drug-likeness (QED) is 0.778. The van der Waals surface area contributed by atoms with Crippen molar-refractivity contribution in [1.29, 1.82) is 0 Å². The smallest absolute Gasteiger partial charge is 0.387 e. The number of carbonyl (C=O) groups excluding carboxylic acids is 1. The van der Waals surface area contributed by atoms with Crippen molar-refractivity contribution in [2.45, 2.75) is 19.6 Å². The lowest BCUT2D eigenvalue weighted by Gasteiger charge is -2.27. The van der Waals surface area contributed by atoms with E-state index in [1.54, 1.807) is 0 Å². The molecule has 0 aromatic heterocycles. The number of likely N-dealkylation sites (N-methyl/N-ethyl adjacent to an activating group) is 1. The highest BCUT2D eigenvalue weighted by atomic mass is 19.3. The van der Waals surface area contributed by atoms with E-state index >= 15 is 0 Å². The van der Waals surface area contributed by atoms with Crippen molar-refractivity contribution in [3.05, 3.63) is 54.1 Å². The highest BCUT2D eigenvalue weighted by molar-refractivity contribution is 5.94. The van der Waals surface area contributed by atoms with Crippen LogP contribution in [0.15, 0.2) is 48.5 Å². The summed E-state index contributed by atoms with van der Waals surface area (Å²) in [4.78, 5) is 14.4. The number of benzene rings is 2. The Labute approximate surface area is 151 Å². The number of hydrogen-bond donors (Lipinski definition) is 1. The molecule has 0 saturated carbocycles. The second-order valence-corrected chi connectivity index (χ2v) is 5.75. The molecule has 2 aromatic carbocycles. The standard InChI is InChI=1S/C19H22F2N2O3/c1-13(23(2)15-7-5-4-6-8-15)12-22-18(24)14-9-10-16(26-19(20)21)17(11-14)25-3/h4-11,13,19H,12H2,1-3H3,(H,22,24). The molecule has 0 radical (unpaired) electrons. The van der Waals surface area contributed by atoms with Crippen LogP contribution in [0.25, 0.3) is 0 Å². The van der Waals surface area contributed by atoms with Crippen molar-refractivity contribution in [2.24, 2.45) is 0 Å². The van der Waals surface area contributed by atoms with Crippen LogP contribution in [0.1, 0.15) is 17.3 Å². The van der Waals surface area contributed by atoms with Crippen molar-refractivity contribution in [3.63, 3.8) is 0 Å². The van der Waals surface area contributed by atoms with Gasteiger partial charge in [-0.15, -0.1) is 0 Å². The number of para-hydroxylation sites is 1. The summed E-state index contributed by atoms with van der Waals surface area (Å²) in [5.41, 5.74) is 1.35. The van der Waals surface area contributed by atoms with Gasteiger partial charge in [0.1, 0.15) is 0 Å². The molecule has 1 atom stereocenters. The Hall–Kier alpha value is -2.83. The molecular formula is C19H22F2N2O3. The molecule has 7 heteroatoms. The minimum Gasteiger partial charge on any atom is -0.493 e. The van der Waals surface area contributed by atoms with E-state index in [9.17, 15) is 13.6 Å². The summed E-state index contributed by atoms with van der Waals surface area (Å²) < 4.78 is 34.1. The van der Waals surface area contributed by atoms with Crippen LogP contribution in [-0.4, -0.2) is 39.3 Å². The van der Waals surface area contributed by atoms with E-state index in [2.05, 4.69) is 15.0 Å². The maximum absolute atomic E-state index is 12.4. The number of carbonyl (C=O) groups is 1. The highest BCUT2D eigenvalue weighted by Crippen LogP contribution is 2.29. The first kappa shape index (κ1) is 19.5. The topological polar surface area (TPSA) is 50.8 Å². The van der Waals surface area contributed by atoms with Gasteiger partial charge in [0.15, 0.2) is 11.5 Å². The van der Waals surface area contributed by atoms with Crippen LogP contribution < -0.4 is 19.7 Å². The number of methoxy groups -OCH3 is 1. The number of amides is 1. The highest BCUT2D eigenvalue weighted by Gasteiger charge is 2.16. The molecule has 0 aliphatic rings. The van der Waals surface area contributed by atoms with Gasteiger partial charge in [-0.25, -0.2) is 0 Å². The molecule has 1 N–H and O–H groups in total. The predicted octanol–water partition coefficient (Wildman–Crippen LogP) is 3.55. The van der Waals surface area contributed by atoms with E-state index in [0.717, 1.165) is 5.69 Å². The number of anilines is 1. The summed E-state index contributed by atoms with van der Waals surface area (Å²) in [5.74, 6) is -0.358. The number of ether oxygens (including phenoxy) is 2. The lowest BCUT2D eigenvalue weighted by molar-refractivity contribution is -0.0512. The summed E-state index contributed by atoms with van der Waals surface area (Å²) in [6, 6.07) is 14.0. The fourth-order valence-corrected chi connectivity index (χ4v) is 2.40. The van der Waals surface area contributed by atoms with Crippen molar-refractivity contribution in [1.82, 2.24) is 5.32 Å². The van der Waals surface area contributed by atoms with Crippen LogP contribution in [0.4, 0.5) is 14.5 Å². The lowest BCUT2D eigenvalue weighted by atomic mass is 10.1. The van der Waals surface area contributed by atoms with E-state index in [1.807, 2.05) is 44.3 Å². The normalized spacial score (nSPS) is 11.8. The Kier molecular flexibility index (Phi) is 6.77. The van der Waals surface area contributed by atoms with Crippen LogP contribution >= 0.6 is 0 Å². The number of rotatable bonds is 8. The van der Waals surface area contributed by atoms with Gasteiger partial charge < -0.3 is 19.7 Å². The number of hydrogen-bond acceptors (Lipinski definition) is 4. The molecule has 2 rings (SSSR count). The van der Waals surface area contributed by atoms with E-state index < -0.39 is 6.61 Å².